The maximum atomic E-state index is 12.6. The van der Waals surface area contributed by atoms with Gasteiger partial charge < -0.3 is 10.4 Å². The number of carbonyl (C=O) groups excluding carboxylic acids is 1. The number of carboxylic acid groups (broad SMARTS) is 1. The van der Waals surface area contributed by atoms with Gasteiger partial charge in [-0.15, -0.1) is 12.4 Å². The van der Waals surface area contributed by atoms with Crippen molar-refractivity contribution in [2.45, 2.75) is 25.1 Å². The number of carboxylic acids is 1. The molecule has 0 bridgehead atoms. The molecule has 2 atom stereocenters. The van der Waals surface area contributed by atoms with Gasteiger partial charge in [-0.2, -0.15) is 18.3 Å². The molecular formula is C14H18ClF3N4O3. The Balaban J connectivity index is 0.00000225. The van der Waals surface area contributed by atoms with Crippen LogP contribution in [0.3, 0.4) is 0 Å². The van der Waals surface area contributed by atoms with E-state index in [2.05, 4.69) is 10.4 Å². The summed E-state index contributed by atoms with van der Waals surface area (Å²) in [5.41, 5.74) is -1.40. The summed E-state index contributed by atoms with van der Waals surface area (Å²) in [6, 6.07) is 0.390. The molecular weight excluding hydrogens is 365 g/mol. The zero-order valence-corrected chi connectivity index (χ0v) is 13.9. The largest absolute Gasteiger partial charge is 0.480 e. The first-order valence-corrected chi connectivity index (χ1v) is 7.61. The molecule has 25 heavy (non-hydrogen) atoms. The highest BCUT2D eigenvalue weighted by atomic mass is 35.5. The van der Waals surface area contributed by atoms with Crippen molar-refractivity contribution in [1.29, 1.82) is 0 Å². The number of aliphatic carboxylic acids is 1. The number of carbonyl (C=O) groups is 2. The summed E-state index contributed by atoms with van der Waals surface area (Å²) in [6.07, 6.45) is -2.54. The minimum atomic E-state index is -4.59. The van der Waals surface area contributed by atoms with E-state index in [4.69, 9.17) is 5.11 Å². The molecule has 2 heterocycles. The van der Waals surface area contributed by atoms with E-state index in [-0.39, 0.29) is 36.6 Å². The van der Waals surface area contributed by atoms with Crippen LogP contribution in [-0.2, 0) is 11.0 Å². The van der Waals surface area contributed by atoms with Gasteiger partial charge in [0.05, 0.1) is 6.54 Å². The van der Waals surface area contributed by atoms with Crippen LogP contribution in [-0.4, -0.2) is 57.8 Å². The molecule has 1 aliphatic heterocycles. The highest BCUT2D eigenvalue weighted by molar-refractivity contribution is 5.92. The minimum Gasteiger partial charge on any atom is -0.480 e. The smallest absolute Gasteiger partial charge is 0.432 e. The maximum absolute atomic E-state index is 12.6. The lowest BCUT2D eigenvalue weighted by molar-refractivity contribution is -0.141. The van der Waals surface area contributed by atoms with Crippen molar-refractivity contribution in [2.75, 3.05) is 19.6 Å². The Kier molecular flexibility index (Phi) is 5.62. The molecule has 1 aromatic heterocycles. The Morgan fingerprint density at radius 1 is 1.36 bits per heavy atom. The number of halogens is 4. The number of aromatic amines is 1. The third-order valence-electron chi connectivity index (χ3n) is 4.46. The zero-order chi connectivity index (χ0) is 17.5. The number of hydrogen-bond donors (Lipinski definition) is 3. The number of nitrogens with zero attached hydrogens (tertiary/aromatic N) is 2. The lowest BCUT2D eigenvalue weighted by Gasteiger charge is -2.18. The minimum absolute atomic E-state index is 0. The number of rotatable bonds is 5. The van der Waals surface area contributed by atoms with Crippen LogP contribution in [0.15, 0.2) is 6.07 Å². The fourth-order valence-corrected chi connectivity index (χ4v) is 3.21. The van der Waals surface area contributed by atoms with Crippen molar-refractivity contribution in [3.63, 3.8) is 0 Å². The Hall–Kier alpha value is -1.81. The molecule has 3 N–H and O–H groups in total. The van der Waals surface area contributed by atoms with Crippen molar-refractivity contribution in [2.24, 2.45) is 11.8 Å². The predicted octanol–water partition coefficient (Wildman–Crippen LogP) is 1.38. The Morgan fingerprint density at radius 3 is 2.56 bits per heavy atom. The van der Waals surface area contributed by atoms with E-state index in [0.717, 1.165) is 12.8 Å². The number of alkyl halides is 3. The lowest BCUT2D eigenvalue weighted by Crippen LogP contribution is -2.41. The van der Waals surface area contributed by atoms with Crippen LogP contribution >= 0.6 is 12.4 Å². The van der Waals surface area contributed by atoms with Gasteiger partial charge in [-0.25, -0.2) is 0 Å². The number of hydrogen-bond acceptors (Lipinski definition) is 4. The maximum Gasteiger partial charge on any atom is 0.432 e. The van der Waals surface area contributed by atoms with Gasteiger partial charge in [0.1, 0.15) is 5.69 Å². The number of aromatic nitrogens is 2. The van der Waals surface area contributed by atoms with Crippen LogP contribution in [0, 0.1) is 11.8 Å². The van der Waals surface area contributed by atoms with E-state index in [1.165, 1.54) is 0 Å². The van der Waals surface area contributed by atoms with E-state index in [0.29, 0.717) is 25.1 Å². The van der Waals surface area contributed by atoms with Gasteiger partial charge in [-0.3, -0.25) is 19.6 Å². The fraction of sp³-hybridized carbons (Fsp3) is 0.643. The molecule has 0 unspecified atom stereocenters. The quantitative estimate of drug-likeness (QED) is 0.714. The molecule has 11 heteroatoms. The topological polar surface area (TPSA) is 98.3 Å². The van der Waals surface area contributed by atoms with Gasteiger partial charge in [0.15, 0.2) is 5.69 Å². The average molecular weight is 383 g/mol. The van der Waals surface area contributed by atoms with Crippen LogP contribution in [0.1, 0.15) is 29.0 Å². The summed E-state index contributed by atoms with van der Waals surface area (Å²) in [5.74, 6) is -1.08. The highest BCUT2D eigenvalue weighted by Gasteiger charge is 2.43. The first-order chi connectivity index (χ1) is 11.2. The Bertz CT molecular complexity index is 648. The summed E-state index contributed by atoms with van der Waals surface area (Å²) in [6.45, 7) is 0.822. The van der Waals surface area contributed by atoms with E-state index >= 15 is 0 Å². The van der Waals surface area contributed by atoms with Crippen LogP contribution < -0.4 is 5.32 Å². The van der Waals surface area contributed by atoms with Crippen molar-refractivity contribution in [1.82, 2.24) is 20.4 Å². The molecule has 2 fully saturated rings. The second-order valence-corrected chi connectivity index (χ2v) is 6.33. The SMILES string of the molecule is Cl.O=C(O)CN1C[C@H](NC(=O)c2cc(C(F)(F)F)[nH]n2)[C@@H](C2CC2)C1. The molecule has 0 aromatic carbocycles. The molecule has 1 saturated heterocycles. The van der Waals surface area contributed by atoms with Crippen LogP contribution in [0.25, 0.3) is 0 Å². The molecule has 1 aliphatic carbocycles. The van der Waals surface area contributed by atoms with E-state index in [1.807, 2.05) is 5.10 Å². The molecule has 0 spiro atoms. The summed E-state index contributed by atoms with van der Waals surface area (Å²) in [7, 11) is 0. The summed E-state index contributed by atoms with van der Waals surface area (Å²) in [5, 5.41) is 16.8. The average Bonchev–Trinajstić information content (AvgIpc) is 3.03. The number of nitrogens with one attached hydrogen (secondary N) is 2. The van der Waals surface area contributed by atoms with Gasteiger partial charge in [-0.1, -0.05) is 0 Å². The first kappa shape index (κ1) is 19.5. The number of H-pyrrole nitrogens is 1. The van der Waals surface area contributed by atoms with E-state index in [1.54, 1.807) is 4.90 Å². The van der Waals surface area contributed by atoms with E-state index < -0.39 is 23.7 Å². The highest BCUT2D eigenvalue weighted by Crippen LogP contribution is 2.41. The monoisotopic (exact) mass is 382 g/mol. The van der Waals surface area contributed by atoms with Gasteiger partial charge in [0.2, 0.25) is 0 Å². The fourth-order valence-electron chi connectivity index (χ4n) is 3.21. The van der Waals surface area contributed by atoms with Crippen LogP contribution in [0.4, 0.5) is 13.2 Å². The third kappa shape index (κ3) is 4.63. The predicted molar refractivity (Wildman–Crippen MR) is 82.4 cm³/mol. The second kappa shape index (κ2) is 7.20. The summed E-state index contributed by atoms with van der Waals surface area (Å²) >= 11 is 0. The van der Waals surface area contributed by atoms with Crippen LogP contribution in [0.5, 0.6) is 0 Å². The van der Waals surface area contributed by atoms with Gasteiger partial charge in [0, 0.05) is 25.2 Å². The standard InChI is InChI=1S/C14H17F3N4O3.ClH/c15-14(16,17)11-3-9(19-20-11)13(24)18-10-5-21(6-12(22)23)4-8(10)7-1-2-7;/h3,7-8,10H,1-2,4-6H2,(H,18,24)(H,19,20)(H,22,23);1H/t8-,10+;/m1./s1. The van der Waals surface area contributed by atoms with Crippen molar-refractivity contribution < 1.29 is 27.9 Å². The lowest BCUT2D eigenvalue weighted by atomic mass is 9.98. The molecule has 2 aliphatic rings. The van der Waals surface area contributed by atoms with Crippen LogP contribution in [0.2, 0.25) is 0 Å². The molecule has 1 aromatic rings. The van der Waals surface area contributed by atoms with Crippen molar-refractivity contribution in [3.05, 3.63) is 17.5 Å². The summed E-state index contributed by atoms with van der Waals surface area (Å²) < 4.78 is 37.7. The second-order valence-electron chi connectivity index (χ2n) is 6.33. The summed E-state index contributed by atoms with van der Waals surface area (Å²) in [4.78, 5) is 24.7. The normalized spacial score (nSPS) is 24.0. The molecule has 0 radical (unpaired) electrons. The zero-order valence-electron chi connectivity index (χ0n) is 13.0. The van der Waals surface area contributed by atoms with Gasteiger partial charge in [0.25, 0.3) is 5.91 Å². The molecule has 140 valence electrons. The van der Waals surface area contributed by atoms with Crippen molar-refractivity contribution >= 4 is 24.3 Å². The van der Waals surface area contributed by atoms with Gasteiger partial charge in [-0.05, 0) is 24.7 Å². The van der Waals surface area contributed by atoms with Crippen molar-refractivity contribution in [3.8, 4) is 0 Å². The number of likely N-dealkylation sites (tertiary alicyclic amines) is 1. The molecule has 7 nitrogen and oxygen atoms in total. The first-order valence-electron chi connectivity index (χ1n) is 7.61. The third-order valence-corrected chi connectivity index (χ3v) is 4.46. The molecule has 3 rings (SSSR count). The number of amides is 1. The van der Waals surface area contributed by atoms with E-state index in [9.17, 15) is 22.8 Å². The molecule has 1 saturated carbocycles. The van der Waals surface area contributed by atoms with Gasteiger partial charge >= 0.3 is 12.1 Å². The Morgan fingerprint density at radius 2 is 2.04 bits per heavy atom. The molecule has 1 amide bonds. The Labute approximate surface area is 147 Å².